The minimum absolute atomic E-state index is 0.0384. The third-order valence-electron chi connectivity index (χ3n) is 6.34. The summed E-state index contributed by atoms with van der Waals surface area (Å²) >= 11 is 0. The standard InChI is InChI=1S/C22H30N4O3/c27-20(24-22(29)23-18-9-3-4-10-18)15-26-14-17-8-2-1-7-16(17)13-19(26)21(28)25-11-5-6-12-25/h1-2,7-8,18-19H,3-6,9-15H2,(H2,23,24,27,29)/t19-/m1/s1. The van der Waals surface area contributed by atoms with Crippen molar-refractivity contribution in [2.24, 2.45) is 0 Å². The Balaban J connectivity index is 1.41. The SMILES string of the molecule is O=C(CN1Cc2ccccc2C[C@@H]1C(=O)N1CCCC1)NC(=O)NC1CCCC1. The monoisotopic (exact) mass is 398 g/mol. The Labute approximate surface area is 171 Å². The zero-order chi connectivity index (χ0) is 20.2. The van der Waals surface area contributed by atoms with E-state index < -0.39 is 6.03 Å². The molecular formula is C22H30N4O3. The highest BCUT2D eigenvalue weighted by molar-refractivity contribution is 5.95. The molecule has 4 amide bonds. The molecule has 1 aromatic rings. The van der Waals surface area contributed by atoms with Gasteiger partial charge in [0, 0.05) is 25.7 Å². The molecule has 0 bridgehead atoms. The number of fused-ring (bicyclic) bond motifs is 1. The number of imide groups is 1. The lowest BCUT2D eigenvalue weighted by atomic mass is 9.93. The van der Waals surface area contributed by atoms with Gasteiger partial charge in [-0.25, -0.2) is 4.79 Å². The van der Waals surface area contributed by atoms with E-state index in [-0.39, 0.29) is 30.4 Å². The molecular weight excluding hydrogens is 368 g/mol. The number of hydrogen-bond acceptors (Lipinski definition) is 4. The summed E-state index contributed by atoms with van der Waals surface area (Å²) in [5, 5.41) is 5.33. The van der Waals surface area contributed by atoms with Gasteiger partial charge in [-0.1, -0.05) is 37.1 Å². The topological polar surface area (TPSA) is 81.8 Å². The summed E-state index contributed by atoms with van der Waals surface area (Å²) < 4.78 is 0. The van der Waals surface area contributed by atoms with Crippen LogP contribution in [0.15, 0.2) is 24.3 Å². The number of urea groups is 1. The van der Waals surface area contributed by atoms with E-state index in [0.717, 1.165) is 57.2 Å². The van der Waals surface area contributed by atoms with E-state index in [4.69, 9.17) is 0 Å². The van der Waals surface area contributed by atoms with Crippen LogP contribution < -0.4 is 10.6 Å². The maximum Gasteiger partial charge on any atom is 0.321 e. The first kappa shape index (κ1) is 19.9. The molecule has 1 aliphatic carbocycles. The van der Waals surface area contributed by atoms with Gasteiger partial charge >= 0.3 is 6.03 Å². The minimum atomic E-state index is -0.429. The quantitative estimate of drug-likeness (QED) is 0.810. The first-order valence-corrected chi connectivity index (χ1v) is 10.8. The highest BCUT2D eigenvalue weighted by atomic mass is 16.2. The summed E-state index contributed by atoms with van der Waals surface area (Å²) in [6, 6.07) is 7.46. The Hall–Kier alpha value is -2.41. The number of carbonyl (C=O) groups is 3. The van der Waals surface area contributed by atoms with Crippen LogP contribution in [0.5, 0.6) is 0 Å². The maximum absolute atomic E-state index is 13.1. The lowest BCUT2D eigenvalue weighted by molar-refractivity contribution is -0.137. The molecule has 29 heavy (non-hydrogen) atoms. The van der Waals surface area contributed by atoms with E-state index in [9.17, 15) is 14.4 Å². The summed E-state index contributed by atoms with van der Waals surface area (Å²) in [6.45, 7) is 2.16. The lowest BCUT2D eigenvalue weighted by Crippen LogP contribution is -2.54. The number of nitrogens with zero attached hydrogens (tertiary/aromatic N) is 2. The highest BCUT2D eigenvalue weighted by Crippen LogP contribution is 2.25. The van der Waals surface area contributed by atoms with Gasteiger partial charge in [-0.05, 0) is 43.2 Å². The zero-order valence-electron chi connectivity index (χ0n) is 16.9. The van der Waals surface area contributed by atoms with Crippen molar-refractivity contribution in [1.29, 1.82) is 0 Å². The molecule has 0 aromatic heterocycles. The molecule has 2 heterocycles. The van der Waals surface area contributed by atoms with Crippen LogP contribution in [0.3, 0.4) is 0 Å². The second-order valence-corrected chi connectivity index (χ2v) is 8.43. The van der Waals surface area contributed by atoms with E-state index in [2.05, 4.69) is 16.7 Å². The van der Waals surface area contributed by atoms with Gasteiger partial charge in [-0.3, -0.25) is 19.8 Å². The minimum Gasteiger partial charge on any atom is -0.341 e. The summed E-state index contributed by atoms with van der Waals surface area (Å²) in [5.74, 6) is -0.265. The van der Waals surface area contributed by atoms with Gasteiger partial charge in [-0.15, -0.1) is 0 Å². The van der Waals surface area contributed by atoms with Gasteiger partial charge in [0.05, 0.1) is 12.6 Å². The molecule has 0 unspecified atom stereocenters. The van der Waals surface area contributed by atoms with E-state index in [1.165, 1.54) is 5.56 Å². The average molecular weight is 399 g/mol. The Bertz CT molecular complexity index is 769. The summed E-state index contributed by atoms with van der Waals surface area (Å²) in [6.07, 6.45) is 6.85. The van der Waals surface area contributed by atoms with Gasteiger partial charge < -0.3 is 10.2 Å². The molecule has 2 aliphatic heterocycles. The Morgan fingerprint density at radius 1 is 0.966 bits per heavy atom. The zero-order valence-corrected chi connectivity index (χ0v) is 16.9. The van der Waals surface area contributed by atoms with E-state index >= 15 is 0 Å². The van der Waals surface area contributed by atoms with Crippen LogP contribution in [-0.4, -0.2) is 59.4 Å². The molecule has 0 spiro atoms. The molecule has 7 heteroatoms. The number of carbonyl (C=O) groups excluding carboxylic acids is 3. The van der Waals surface area contributed by atoms with Crippen LogP contribution in [0.2, 0.25) is 0 Å². The Morgan fingerprint density at radius 2 is 1.66 bits per heavy atom. The molecule has 7 nitrogen and oxygen atoms in total. The molecule has 1 aromatic carbocycles. The number of amides is 4. The van der Waals surface area contributed by atoms with Crippen LogP contribution in [0.4, 0.5) is 4.79 Å². The third-order valence-corrected chi connectivity index (χ3v) is 6.34. The van der Waals surface area contributed by atoms with Crippen molar-refractivity contribution in [2.45, 2.75) is 63.6 Å². The highest BCUT2D eigenvalue weighted by Gasteiger charge is 2.36. The fourth-order valence-electron chi connectivity index (χ4n) is 4.78. The molecule has 2 N–H and O–H groups in total. The predicted molar refractivity (Wildman–Crippen MR) is 109 cm³/mol. The Morgan fingerprint density at radius 3 is 2.38 bits per heavy atom. The third kappa shape index (κ3) is 4.78. The molecule has 0 radical (unpaired) electrons. The summed E-state index contributed by atoms with van der Waals surface area (Å²) in [7, 11) is 0. The van der Waals surface area contributed by atoms with E-state index in [1.54, 1.807) is 0 Å². The lowest BCUT2D eigenvalue weighted by Gasteiger charge is -2.37. The smallest absolute Gasteiger partial charge is 0.321 e. The van der Waals surface area contributed by atoms with Gasteiger partial charge in [0.15, 0.2) is 0 Å². The number of rotatable bonds is 4. The molecule has 4 rings (SSSR count). The van der Waals surface area contributed by atoms with Crippen LogP contribution in [-0.2, 0) is 22.6 Å². The second-order valence-electron chi connectivity index (χ2n) is 8.43. The summed E-state index contributed by atoms with van der Waals surface area (Å²) in [5.41, 5.74) is 2.31. The molecule has 1 saturated carbocycles. The summed E-state index contributed by atoms with van der Waals surface area (Å²) in [4.78, 5) is 41.7. The fraction of sp³-hybridized carbons (Fsp3) is 0.591. The first-order chi connectivity index (χ1) is 14.1. The van der Waals surface area contributed by atoms with Crippen molar-refractivity contribution in [3.63, 3.8) is 0 Å². The fourth-order valence-corrected chi connectivity index (χ4v) is 4.78. The van der Waals surface area contributed by atoms with Crippen LogP contribution >= 0.6 is 0 Å². The van der Waals surface area contributed by atoms with Crippen LogP contribution in [0.1, 0.15) is 49.7 Å². The van der Waals surface area contributed by atoms with Gasteiger partial charge in [0.1, 0.15) is 0 Å². The number of hydrogen-bond donors (Lipinski definition) is 2. The Kier molecular flexibility index (Phi) is 6.13. The van der Waals surface area contributed by atoms with Crippen molar-refractivity contribution in [3.05, 3.63) is 35.4 Å². The van der Waals surface area contributed by atoms with Crippen molar-refractivity contribution in [1.82, 2.24) is 20.4 Å². The number of likely N-dealkylation sites (tertiary alicyclic amines) is 1. The number of benzene rings is 1. The second kappa shape index (κ2) is 8.95. The van der Waals surface area contributed by atoms with E-state index in [1.807, 2.05) is 28.0 Å². The van der Waals surface area contributed by atoms with Gasteiger partial charge in [0.2, 0.25) is 11.8 Å². The molecule has 3 aliphatic rings. The van der Waals surface area contributed by atoms with Crippen molar-refractivity contribution < 1.29 is 14.4 Å². The van der Waals surface area contributed by atoms with E-state index in [0.29, 0.717) is 13.0 Å². The first-order valence-electron chi connectivity index (χ1n) is 10.8. The van der Waals surface area contributed by atoms with Crippen LogP contribution in [0, 0.1) is 0 Å². The van der Waals surface area contributed by atoms with Crippen molar-refractivity contribution in [3.8, 4) is 0 Å². The van der Waals surface area contributed by atoms with Crippen molar-refractivity contribution >= 4 is 17.8 Å². The molecule has 156 valence electrons. The van der Waals surface area contributed by atoms with Crippen molar-refractivity contribution in [2.75, 3.05) is 19.6 Å². The maximum atomic E-state index is 13.1. The normalized spacial score (nSPS) is 22.3. The van der Waals surface area contributed by atoms with Gasteiger partial charge in [0.25, 0.3) is 0 Å². The molecule has 2 fully saturated rings. The predicted octanol–water partition coefficient (Wildman–Crippen LogP) is 1.80. The number of nitrogens with one attached hydrogen (secondary N) is 2. The molecule has 1 atom stereocenters. The van der Waals surface area contributed by atoms with Crippen LogP contribution in [0.25, 0.3) is 0 Å². The molecule has 1 saturated heterocycles. The van der Waals surface area contributed by atoms with Gasteiger partial charge in [-0.2, -0.15) is 0 Å². The average Bonchev–Trinajstić information content (AvgIpc) is 3.41. The largest absolute Gasteiger partial charge is 0.341 e.